The standard InChI is InChI=1S/C59H40N4/c60-54(43-17-6-2-7-18-43)38-53(41-15-4-1-5-16-41)49-24-14-21-42-29-32-47(37-52(42)49)40-27-30-46(31-28-40)59-61-55(44-19-8-3-9-20-44)39-56(62-59)45-33-35-48(36-34-45)63-57-25-12-10-22-50(57)51-23-11-13-26-58(51)63/h1-39,60H/b53-38-,60-54?. The first kappa shape index (κ1) is 37.5. The maximum atomic E-state index is 9.06. The highest BCUT2D eigenvalue weighted by Crippen LogP contribution is 2.36. The summed E-state index contributed by atoms with van der Waals surface area (Å²) in [5, 5.41) is 13.8. The summed E-state index contributed by atoms with van der Waals surface area (Å²) < 4.78 is 2.34. The lowest BCUT2D eigenvalue weighted by Crippen LogP contribution is -1.98. The van der Waals surface area contributed by atoms with Crippen molar-refractivity contribution < 1.29 is 0 Å². The zero-order valence-electron chi connectivity index (χ0n) is 34.4. The Morgan fingerprint density at radius 2 is 0.921 bits per heavy atom. The second-order valence-corrected chi connectivity index (χ2v) is 15.8. The molecule has 0 unspecified atom stereocenters. The SMILES string of the molecule is N=C(/C=C(/c1ccccc1)c1cccc2ccc(-c3ccc(-c4nc(-c5ccccc5)cc(-c5ccc(-n6c7ccccc7c7ccccc76)cc5)n4)cc3)cc12)c1ccccc1. The summed E-state index contributed by atoms with van der Waals surface area (Å²) in [5.41, 5.74) is 14.9. The first-order valence-electron chi connectivity index (χ1n) is 21.2. The monoisotopic (exact) mass is 804 g/mol. The third-order valence-electron chi connectivity index (χ3n) is 11.9. The maximum Gasteiger partial charge on any atom is 0.160 e. The second-order valence-electron chi connectivity index (χ2n) is 15.8. The lowest BCUT2D eigenvalue weighted by atomic mass is 9.90. The van der Waals surface area contributed by atoms with Crippen LogP contribution in [0, 0.1) is 5.41 Å². The van der Waals surface area contributed by atoms with E-state index in [4.69, 9.17) is 15.4 Å². The van der Waals surface area contributed by atoms with Crippen molar-refractivity contribution in [2.24, 2.45) is 0 Å². The van der Waals surface area contributed by atoms with Gasteiger partial charge >= 0.3 is 0 Å². The molecule has 63 heavy (non-hydrogen) atoms. The molecule has 0 saturated heterocycles. The Bertz CT molecular complexity index is 3420. The number of hydrogen-bond acceptors (Lipinski definition) is 3. The minimum atomic E-state index is 0.469. The molecule has 4 nitrogen and oxygen atoms in total. The summed E-state index contributed by atoms with van der Waals surface area (Å²) in [6.45, 7) is 0. The van der Waals surface area contributed by atoms with Crippen molar-refractivity contribution in [3.8, 4) is 50.7 Å². The summed E-state index contributed by atoms with van der Waals surface area (Å²) in [5.74, 6) is 0.670. The van der Waals surface area contributed by atoms with Gasteiger partial charge in [0, 0.05) is 33.2 Å². The number of rotatable bonds is 9. The Hall–Kier alpha value is -8.47. The van der Waals surface area contributed by atoms with E-state index in [1.165, 1.54) is 21.8 Å². The normalized spacial score (nSPS) is 11.7. The molecule has 296 valence electrons. The van der Waals surface area contributed by atoms with Gasteiger partial charge in [0.15, 0.2) is 5.82 Å². The molecule has 0 atom stereocenters. The zero-order valence-corrected chi connectivity index (χ0v) is 34.4. The number of hydrogen-bond donors (Lipinski definition) is 1. The van der Waals surface area contributed by atoms with Crippen molar-refractivity contribution in [3.63, 3.8) is 0 Å². The Kier molecular flexibility index (Phi) is 9.64. The molecular formula is C59H40N4. The van der Waals surface area contributed by atoms with Crippen molar-refractivity contribution >= 4 is 43.9 Å². The molecule has 11 rings (SSSR count). The molecule has 0 radical (unpaired) electrons. The van der Waals surface area contributed by atoms with Crippen LogP contribution >= 0.6 is 0 Å². The van der Waals surface area contributed by atoms with E-state index < -0.39 is 0 Å². The highest BCUT2D eigenvalue weighted by atomic mass is 15.0. The summed E-state index contributed by atoms with van der Waals surface area (Å²) in [4.78, 5) is 10.3. The predicted molar refractivity (Wildman–Crippen MR) is 262 cm³/mol. The number of nitrogens with zero attached hydrogens (tertiary/aromatic N) is 3. The highest BCUT2D eigenvalue weighted by molar-refractivity contribution is 6.14. The molecule has 0 spiro atoms. The van der Waals surface area contributed by atoms with E-state index in [0.29, 0.717) is 11.5 Å². The van der Waals surface area contributed by atoms with Gasteiger partial charge in [-0.25, -0.2) is 9.97 Å². The molecule has 1 N–H and O–H groups in total. The van der Waals surface area contributed by atoms with Crippen molar-refractivity contribution in [3.05, 3.63) is 253 Å². The zero-order chi connectivity index (χ0) is 42.1. The number of fused-ring (bicyclic) bond motifs is 4. The van der Waals surface area contributed by atoms with Crippen LogP contribution in [0.25, 0.3) is 88.9 Å². The predicted octanol–water partition coefficient (Wildman–Crippen LogP) is 14.9. The lowest BCUT2D eigenvalue weighted by molar-refractivity contribution is 1.17. The highest BCUT2D eigenvalue weighted by Gasteiger charge is 2.16. The first-order valence-corrected chi connectivity index (χ1v) is 21.2. The Morgan fingerprint density at radius 1 is 0.397 bits per heavy atom. The van der Waals surface area contributed by atoms with Crippen LogP contribution in [-0.2, 0) is 0 Å². The fourth-order valence-electron chi connectivity index (χ4n) is 8.74. The first-order chi connectivity index (χ1) is 31.1. The Labute approximate surface area is 366 Å². The molecule has 0 fully saturated rings. The molecule has 0 amide bonds. The van der Waals surface area contributed by atoms with Gasteiger partial charge in [-0.3, -0.25) is 0 Å². The van der Waals surface area contributed by atoms with Crippen LogP contribution in [0.3, 0.4) is 0 Å². The van der Waals surface area contributed by atoms with Gasteiger partial charge in [-0.1, -0.05) is 194 Å². The van der Waals surface area contributed by atoms with E-state index in [1.54, 1.807) is 0 Å². The van der Waals surface area contributed by atoms with Crippen molar-refractivity contribution in [2.45, 2.75) is 0 Å². The van der Waals surface area contributed by atoms with Crippen LogP contribution in [0.1, 0.15) is 16.7 Å². The van der Waals surface area contributed by atoms with Gasteiger partial charge in [-0.2, -0.15) is 0 Å². The summed E-state index contributed by atoms with van der Waals surface area (Å²) >= 11 is 0. The fraction of sp³-hybridized carbons (Fsp3) is 0. The number of nitrogens with one attached hydrogen (secondary N) is 1. The summed E-state index contributed by atoms with van der Waals surface area (Å²) in [7, 11) is 0. The number of benzene rings is 9. The van der Waals surface area contributed by atoms with E-state index in [1.807, 2.05) is 60.7 Å². The van der Waals surface area contributed by atoms with Gasteiger partial charge in [0.05, 0.1) is 28.1 Å². The Balaban J connectivity index is 0.958. The summed E-state index contributed by atoms with van der Waals surface area (Å²) in [6, 6.07) is 80.3. The molecule has 0 saturated carbocycles. The average Bonchev–Trinajstić information content (AvgIpc) is 3.70. The smallest absolute Gasteiger partial charge is 0.160 e. The van der Waals surface area contributed by atoms with E-state index >= 15 is 0 Å². The van der Waals surface area contributed by atoms with Gasteiger partial charge in [-0.05, 0) is 86.6 Å². The van der Waals surface area contributed by atoms with Crippen molar-refractivity contribution in [1.82, 2.24) is 14.5 Å². The number of aromatic nitrogens is 3. The average molecular weight is 805 g/mol. The number of allylic oxidation sites excluding steroid dienone is 1. The van der Waals surface area contributed by atoms with Crippen LogP contribution in [0.4, 0.5) is 0 Å². The molecule has 4 heteroatoms. The van der Waals surface area contributed by atoms with Crippen LogP contribution < -0.4 is 0 Å². The topological polar surface area (TPSA) is 54.6 Å². The largest absolute Gasteiger partial charge is 0.309 e. The van der Waals surface area contributed by atoms with Crippen LogP contribution in [-0.4, -0.2) is 20.2 Å². The third kappa shape index (κ3) is 7.20. The minimum absolute atomic E-state index is 0.469. The molecule has 9 aromatic carbocycles. The van der Waals surface area contributed by atoms with Crippen LogP contribution in [0.15, 0.2) is 237 Å². The molecule has 0 aliphatic carbocycles. The summed E-state index contributed by atoms with van der Waals surface area (Å²) in [6.07, 6.45) is 2.00. The molecule has 0 aliphatic heterocycles. The van der Waals surface area contributed by atoms with Crippen molar-refractivity contribution in [1.29, 1.82) is 5.41 Å². The molecular weight excluding hydrogens is 765 g/mol. The van der Waals surface area contributed by atoms with Crippen molar-refractivity contribution in [2.75, 3.05) is 0 Å². The van der Waals surface area contributed by atoms with Gasteiger partial charge in [-0.15, -0.1) is 0 Å². The van der Waals surface area contributed by atoms with E-state index in [0.717, 1.165) is 77.9 Å². The third-order valence-corrected chi connectivity index (χ3v) is 11.9. The van der Waals surface area contributed by atoms with E-state index in [2.05, 4.69) is 180 Å². The second kappa shape index (κ2) is 16.2. The fourth-order valence-corrected chi connectivity index (χ4v) is 8.74. The lowest BCUT2D eigenvalue weighted by Gasteiger charge is -2.14. The van der Waals surface area contributed by atoms with Crippen LogP contribution in [0.5, 0.6) is 0 Å². The van der Waals surface area contributed by atoms with Gasteiger partial charge < -0.3 is 9.98 Å². The van der Waals surface area contributed by atoms with Gasteiger partial charge in [0.1, 0.15) is 0 Å². The molecule has 11 aromatic rings. The Morgan fingerprint density at radius 3 is 1.57 bits per heavy atom. The van der Waals surface area contributed by atoms with Gasteiger partial charge in [0.2, 0.25) is 0 Å². The van der Waals surface area contributed by atoms with Crippen LogP contribution in [0.2, 0.25) is 0 Å². The van der Waals surface area contributed by atoms with E-state index in [9.17, 15) is 0 Å². The molecule has 2 heterocycles. The van der Waals surface area contributed by atoms with E-state index in [-0.39, 0.29) is 0 Å². The molecule has 2 aromatic heterocycles. The molecule has 0 bridgehead atoms. The quantitative estimate of drug-likeness (QED) is 0.148. The number of para-hydroxylation sites is 2. The maximum absolute atomic E-state index is 9.06. The minimum Gasteiger partial charge on any atom is -0.309 e. The molecule has 0 aliphatic rings. The van der Waals surface area contributed by atoms with Gasteiger partial charge in [0.25, 0.3) is 0 Å².